The molecule has 0 fully saturated rings. The van der Waals surface area contributed by atoms with Gasteiger partial charge >= 0.3 is 0 Å². The molecule has 0 radical (unpaired) electrons. The minimum absolute atomic E-state index is 0. The van der Waals surface area contributed by atoms with Crippen LogP contribution in [-0.4, -0.2) is 40.5 Å². The molecule has 2 N–H and O–H groups in total. The van der Waals surface area contributed by atoms with Gasteiger partial charge in [-0.3, -0.25) is 16.8 Å². The summed E-state index contributed by atoms with van der Waals surface area (Å²) in [6.45, 7) is 0. The van der Waals surface area contributed by atoms with Gasteiger partial charge in [0, 0.05) is 47.0 Å². The minimum Gasteiger partial charge on any atom is -0.759 e. The van der Waals surface area contributed by atoms with Crippen molar-refractivity contribution in [2.45, 2.75) is 0 Å². The predicted octanol–water partition coefficient (Wildman–Crippen LogP) is -3.50. The first-order valence-electron chi connectivity index (χ1n) is 1.33. The van der Waals surface area contributed by atoms with Gasteiger partial charge in [0.1, 0.15) is 0 Å². The van der Waals surface area contributed by atoms with Gasteiger partial charge in [-0.25, -0.2) is 0 Å². The van der Waals surface area contributed by atoms with E-state index in [9.17, 15) is 0 Å². The fourth-order valence-corrected chi connectivity index (χ4v) is 0. The van der Waals surface area contributed by atoms with Crippen LogP contribution < -0.4 is 0 Å². The summed E-state index contributed by atoms with van der Waals surface area (Å²) in [5.74, 6) is 0. The van der Waals surface area contributed by atoms with Crippen LogP contribution in [0.2, 0.25) is 0 Å². The summed E-state index contributed by atoms with van der Waals surface area (Å²) in [4.78, 5) is 0. The van der Waals surface area contributed by atoms with Gasteiger partial charge in [0.15, 0.2) is 0 Å². The van der Waals surface area contributed by atoms with Gasteiger partial charge in [-0.15, -0.1) is 0 Å². The smallest absolute Gasteiger partial charge is 0.0311 e. The molecule has 0 aromatic heterocycles. The molecule has 0 rings (SSSR count). The van der Waals surface area contributed by atoms with E-state index in [1.807, 2.05) is 0 Å². The van der Waals surface area contributed by atoms with E-state index in [0.29, 0.717) is 0 Å². The molecule has 0 aromatic carbocycles. The zero-order valence-electron chi connectivity index (χ0n) is 5.08. The molecule has 0 saturated carbocycles. The Kier molecular flexibility index (Phi) is 15.6. The van der Waals surface area contributed by atoms with E-state index in [1.54, 1.807) is 0 Å². The third-order valence-corrected chi connectivity index (χ3v) is 0. The SMILES string of the molecule is O.O=S(=O)([O-])[O-].O=S(=O)([O-])[O-].[Zr]. The summed E-state index contributed by atoms with van der Waals surface area (Å²) in [6.07, 6.45) is 0. The van der Waals surface area contributed by atoms with Crippen molar-refractivity contribution in [3.63, 3.8) is 0 Å². The number of hydrogen-bond acceptors (Lipinski definition) is 8. The average molecular weight is 301 g/mol. The van der Waals surface area contributed by atoms with E-state index in [0.717, 1.165) is 0 Å². The Labute approximate surface area is 87.4 Å². The average Bonchev–Trinajstić information content (AvgIpc) is 1.12. The maximum absolute atomic E-state index is 8.52. The van der Waals surface area contributed by atoms with E-state index >= 15 is 0 Å². The van der Waals surface area contributed by atoms with E-state index < -0.39 is 20.8 Å². The molecule has 0 aliphatic heterocycles. The van der Waals surface area contributed by atoms with Crippen LogP contribution in [-0.2, 0) is 47.0 Å². The van der Waals surface area contributed by atoms with Crippen LogP contribution in [0.25, 0.3) is 0 Å². The third-order valence-electron chi connectivity index (χ3n) is 0. The Hall–Kier alpha value is 0.583. The normalized spacial score (nSPS) is 9.67. The standard InChI is InChI=1S/2H2O4S.H2O.Zr/c2*1-5(2,3)4;;/h2*(H2,1,2,3,4);1H2;/p-4. The van der Waals surface area contributed by atoms with Gasteiger partial charge in [-0.2, -0.15) is 0 Å². The van der Waals surface area contributed by atoms with Crippen molar-refractivity contribution in [3.05, 3.63) is 0 Å². The summed E-state index contributed by atoms with van der Waals surface area (Å²) < 4.78 is 68.2. The second kappa shape index (κ2) is 8.19. The largest absolute Gasteiger partial charge is 0.759 e. The molecule has 9 nitrogen and oxygen atoms in total. The van der Waals surface area contributed by atoms with Crippen molar-refractivity contribution in [3.8, 4) is 0 Å². The first kappa shape index (κ1) is 22.9. The van der Waals surface area contributed by atoms with Crippen LogP contribution >= 0.6 is 0 Å². The zero-order valence-corrected chi connectivity index (χ0v) is 9.17. The summed E-state index contributed by atoms with van der Waals surface area (Å²) in [7, 11) is -10.3. The van der Waals surface area contributed by atoms with Crippen LogP contribution in [0.15, 0.2) is 0 Å². The zero-order chi connectivity index (χ0) is 9.00. The monoisotopic (exact) mass is 300 g/mol. The van der Waals surface area contributed by atoms with Crippen molar-refractivity contribution in [2.75, 3.05) is 0 Å². The van der Waals surface area contributed by atoms with Crippen molar-refractivity contribution >= 4 is 20.8 Å². The van der Waals surface area contributed by atoms with Crippen LogP contribution in [0.1, 0.15) is 0 Å². The Balaban J connectivity index is -0.0000000457. The second-order valence-electron chi connectivity index (χ2n) is 0.816. The molecule has 0 heterocycles. The Morgan fingerprint density at radius 2 is 0.667 bits per heavy atom. The molecule has 12 heavy (non-hydrogen) atoms. The molecule has 0 aromatic rings. The van der Waals surface area contributed by atoms with Gasteiger partial charge < -0.3 is 23.7 Å². The van der Waals surface area contributed by atoms with Crippen LogP contribution in [0.3, 0.4) is 0 Å². The molecule has 0 atom stereocenters. The molecule has 0 aliphatic carbocycles. The molecule has 0 bridgehead atoms. The summed E-state index contributed by atoms with van der Waals surface area (Å²) in [5.41, 5.74) is 0. The van der Waals surface area contributed by atoms with Gasteiger partial charge in [0.05, 0.1) is 0 Å². The molecule has 76 valence electrons. The first-order valence-corrected chi connectivity index (χ1v) is 4.00. The minimum atomic E-state index is -5.17. The third kappa shape index (κ3) is 2860. The Morgan fingerprint density at radius 3 is 0.667 bits per heavy atom. The van der Waals surface area contributed by atoms with Gasteiger partial charge in [0.2, 0.25) is 0 Å². The molecule has 0 spiro atoms. The fraction of sp³-hybridized carbons (Fsp3) is 0. The maximum atomic E-state index is 8.52. The molecular formula is H2O9S2Zr-4. The van der Waals surface area contributed by atoms with Crippen LogP contribution in [0.4, 0.5) is 0 Å². The molecule has 0 unspecified atom stereocenters. The molecule has 0 aliphatic rings. The fourth-order valence-electron chi connectivity index (χ4n) is 0. The molecule has 0 amide bonds. The summed E-state index contributed by atoms with van der Waals surface area (Å²) >= 11 is 0. The topological polar surface area (TPSA) is 192 Å². The molecule has 0 saturated heterocycles. The Morgan fingerprint density at radius 1 is 0.667 bits per heavy atom. The number of hydrogen-bond donors (Lipinski definition) is 0. The first-order chi connectivity index (χ1) is 4.00. The quantitative estimate of drug-likeness (QED) is 0.324. The van der Waals surface area contributed by atoms with Gasteiger partial charge in [0.25, 0.3) is 0 Å². The Bertz CT molecular complexity index is 209. The van der Waals surface area contributed by atoms with Crippen molar-refractivity contribution in [2.24, 2.45) is 0 Å². The molecule has 12 heteroatoms. The van der Waals surface area contributed by atoms with E-state index in [2.05, 4.69) is 0 Å². The summed E-state index contributed by atoms with van der Waals surface area (Å²) in [5, 5.41) is 0. The van der Waals surface area contributed by atoms with E-state index in [1.165, 1.54) is 0 Å². The van der Waals surface area contributed by atoms with Crippen LogP contribution in [0.5, 0.6) is 0 Å². The maximum Gasteiger partial charge on any atom is 0.0311 e. The summed E-state index contributed by atoms with van der Waals surface area (Å²) in [6, 6.07) is 0. The van der Waals surface area contributed by atoms with E-state index in [-0.39, 0.29) is 31.7 Å². The molecular weight excluding hydrogens is 299 g/mol. The van der Waals surface area contributed by atoms with Crippen molar-refractivity contribution in [1.29, 1.82) is 0 Å². The second-order valence-corrected chi connectivity index (χ2v) is 2.45. The van der Waals surface area contributed by atoms with Crippen molar-refractivity contribution in [1.82, 2.24) is 0 Å². The van der Waals surface area contributed by atoms with Crippen LogP contribution in [0, 0.1) is 0 Å². The van der Waals surface area contributed by atoms with Gasteiger partial charge in [-0.1, -0.05) is 0 Å². The van der Waals surface area contributed by atoms with Gasteiger partial charge in [-0.05, 0) is 0 Å². The number of rotatable bonds is 0. The van der Waals surface area contributed by atoms with Crippen molar-refractivity contribution < 1.29 is 66.7 Å². The predicted molar refractivity (Wildman–Crippen MR) is 24.6 cm³/mol. The van der Waals surface area contributed by atoms with E-state index in [4.69, 9.17) is 35.0 Å².